The van der Waals surface area contributed by atoms with E-state index in [-0.39, 0.29) is 0 Å². The molecule has 1 heterocycles. The number of amides is 1. The average Bonchev–Trinajstić information content (AvgIpc) is 3.04. The van der Waals surface area contributed by atoms with Gasteiger partial charge in [0.1, 0.15) is 5.84 Å². The van der Waals surface area contributed by atoms with E-state index in [1.807, 2.05) is 42.5 Å². The summed E-state index contributed by atoms with van der Waals surface area (Å²) in [5, 5.41) is 0. The quantitative estimate of drug-likeness (QED) is 0.781. The lowest BCUT2D eigenvalue weighted by molar-refractivity contribution is -0.106. The van der Waals surface area contributed by atoms with E-state index in [1.165, 1.54) is 0 Å². The van der Waals surface area contributed by atoms with Gasteiger partial charge in [-0.15, -0.1) is 0 Å². The van der Waals surface area contributed by atoms with Crippen molar-refractivity contribution in [2.24, 2.45) is 4.99 Å². The Bertz CT molecular complexity index is 634. The molecule has 3 heteroatoms. The Morgan fingerprint density at radius 2 is 1.75 bits per heavy atom. The van der Waals surface area contributed by atoms with Crippen LogP contribution < -0.4 is 4.90 Å². The van der Waals surface area contributed by atoms with Crippen molar-refractivity contribution in [3.8, 4) is 11.1 Å². The predicted molar refractivity (Wildman–Crippen MR) is 82.0 cm³/mol. The van der Waals surface area contributed by atoms with Gasteiger partial charge in [-0.25, -0.2) is 0 Å². The minimum atomic E-state index is 0.813. The fourth-order valence-electron chi connectivity index (χ4n) is 2.52. The number of benzene rings is 2. The Morgan fingerprint density at radius 1 is 1.00 bits per heavy atom. The van der Waals surface area contributed by atoms with Crippen LogP contribution in [-0.4, -0.2) is 18.8 Å². The number of anilines is 1. The van der Waals surface area contributed by atoms with E-state index in [1.54, 1.807) is 4.90 Å². The van der Waals surface area contributed by atoms with Crippen LogP contribution in [0.2, 0.25) is 0 Å². The summed E-state index contributed by atoms with van der Waals surface area (Å²) in [5.74, 6) is 0.864. The summed E-state index contributed by atoms with van der Waals surface area (Å²) < 4.78 is 0. The second kappa shape index (κ2) is 5.70. The Hall–Kier alpha value is -2.42. The van der Waals surface area contributed by atoms with Crippen LogP contribution in [0.3, 0.4) is 0 Å². The van der Waals surface area contributed by atoms with Crippen molar-refractivity contribution < 1.29 is 4.79 Å². The van der Waals surface area contributed by atoms with Crippen LogP contribution in [0.25, 0.3) is 11.1 Å². The molecule has 3 nitrogen and oxygen atoms in total. The molecule has 0 saturated carbocycles. The van der Waals surface area contributed by atoms with Crippen LogP contribution in [0, 0.1) is 0 Å². The maximum absolute atomic E-state index is 11.5. The first-order valence-electron chi connectivity index (χ1n) is 6.82. The van der Waals surface area contributed by atoms with E-state index in [2.05, 4.69) is 17.1 Å². The van der Waals surface area contributed by atoms with Crippen molar-refractivity contribution in [1.82, 2.24) is 0 Å². The van der Waals surface area contributed by atoms with Crippen LogP contribution in [0.1, 0.15) is 12.8 Å². The molecule has 0 atom stereocenters. The molecule has 0 unspecified atom stereocenters. The van der Waals surface area contributed by atoms with Gasteiger partial charge in [0.25, 0.3) is 0 Å². The number of rotatable bonds is 3. The van der Waals surface area contributed by atoms with Crippen molar-refractivity contribution in [2.75, 3.05) is 11.4 Å². The fraction of sp³-hybridized carbons (Fsp3) is 0.176. The number of nitrogens with zero attached hydrogens (tertiary/aromatic N) is 2. The molecule has 0 radical (unpaired) electrons. The first-order valence-corrected chi connectivity index (χ1v) is 6.82. The van der Waals surface area contributed by atoms with Gasteiger partial charge in [0.15, 0.2) is 0 Å². The minimum Gasteiger partial charge on any atom is -0.278 e. The van der Waals surface area contributed by atoms with E-state index < -0.39 is 0 Å². The molecular weight excluding hydrogens is 248 g/mol. The number of para-hydroxylation sites is 1. The van der Waals surface area contributed by atoms with Gasteiger partial charge in [-0.05, 0) is 18.1 Å². The largest absolute Gasteiger partial charge is 0.278 e. The Balaban J connectivity index is 2.07. The number of amidine groups is 1. The molecule has 3 rings (SSSR count). The van der Waals surface area contributed by atoms with Crippen molar-refractivity contribution in [1.29, 1.82) is 0 Å². The Morgan fingerprint density at radius 3 is 2.45 bits per heavy atom. The zero-order valence-electron chi connectivity index (χ0n) is 11.2. The van der Waals surface area contributed by atoms with Gasteiger partial charge >= 0.3 is 0 Å². The number of aliphatic imine (C=N–C) groups is 1. The van der Waals surface area contributed by atoms with Crippen LogP contribution >= 0.6 is 0 Å². The Kier molecular flexibility index (Phi) is 3.59. The Labute approximate surface area is 118 Å². The summed E-state index contributed by atoms with van der Waals surface area (Å²) in [5.41, 5.74) is 3.05. The maximum atomic E-state index is 11.5. The SMILES string of the molecule is O=CN(C1=NCCC1)c1ccccc1-c1ccccc1. The summed E-state index contributed by atoms with van der Waals surface area (Å²) >= 11 is 0. The van der Waals surface area contributed by atoms with Crippen LogP contribution in [0.5, 0.6) is 0 Å². The van der Waals surface area contributed by atoms with Gasteiger partial charge in [-0.2, -0.15) is 0 Å². The third kappa shape index (κ3) is 2.35. The standard InChI is InChI=1S/C17H16N2O/c20-13-19(17-11-6-12-18-17)16-10-5-4-9-15(16)14-7-2-1-3-8-14/h1-5,7-10,13H,6,11-12H2. The van der Waals surface area contributed by atoms with Gasteiger partial charge in [0.2, 0.25) is 6.41 Å². The summed E-state index contributed by atoms with van der Waals surface area (Å²) in [6.45, 7) is 0.813. The lowest BCUT2D eigenvalue weighted by Crippen LogP contribution is -2.28. The zero-order chi connectivity index (χ0) is 13.8. The van der Waals surface area contributed by atoms with E-state index in [0.29, 0.717) is 0 Å². The van der Waals surface area contributed by atoms with Crippen molar-refractivity contribution in [2.45, 2.75) is 12.8 Å². The molecule has 1 amide bonds. The molecular formula is C17H16N2O. The highest BCUT2D eigenvalue weighted by atomic mass is 16.1. The molecule has 0 aliphatic carbocycles. The molecule has 2 aromatic carbocycles. The van der Waals surface area contributed by atoms with Crippen LogP contribution in [0.15, 0.2) is 59.6 Å². The smallest absolute Gasteiger partial charge is 0.219 e. The molecule has 0 spiro atoms. The fourth-order valence-corrected chi connectivity index (χ4v) is 2.52. The highest BCUT2D eigenvalue weighted by molar-refractivity contribution is 6.12. The summed E-state index contributed by atoms with van der Waals surface area (Å²) in [6.07, 6.45) is 2.75. The predicted octanol–water partition coefficient (Wildman–Crippen LogP) is 3.51. The van der Waals surface area contributed by atoms with Crippen LogP contribution in [0.4, 0.5) is 5.69 Å². The molecule has 2 aromatic rings. The summed E-state index contributed by atoms with van der Waals surface area (Å²) in [6, 6.07) is 18.1. The normalized spacial score (nSPS) is 13.9. The van der Waals surface area contributed by atoms with Gasteiger partial charge in [-0.1, -0.05) is 48.5 Å². The first kappa shape index (κ1) is 12.6. The molecule has 0 aromatic heterocycles. The molecule has 100 valence electrons. The first-order chi connectivity index (χ1) is 9.90. The van der Waals surface area contributed by atoms with Crippen molar-refractivity contribution >= 4 is 17.9 Å². The molecule has 0 N–H and O–H groups in total. The topological polar surface area (TPSA) is 32.7 Å². The lowest BCUT2D eigenvalue weighted by atomic mass is 10.0. The summed E-state index contributed by atoms with van der Waals surface area (Å²) in [7, 11) is 0. The number of carbonyl (C=O) groups excluding carboxylic acids is 1. The van der Waals surface area contributed by atoms with E-state index >= 15 is 0 Å². The molecule has 0 fully saturated rings. The van der Waals surface area contributed by atoms with Gasteiger partial charge in [0, 0.05) is 18.5 Å². The third-order valence-corrected chi connectivity index (χ3v) is 3.48. The van der Waals surface area contributed by atoms with Crippen molar-refractivity contribution in [3.63, 3.8) is 0 Å². The molecule has 1 aliphatic rings. The van der Waals surface area contributed by atoms with Gasteiger partial charge in [0.05, 0.1) is 5.69 Å². The second-order valence-corrected chi connectivity index (χ2v) is 4.76. The zero-order valence-corrected chi connectivity index (χ0v) is 11.2. The van der Waals surface area contributed by atoms with E-state index in [4.69, 9.17) is 0 Å². The molecule has 0 bridgehead atoms. The average molecular weight is 264 g/mol. The number of hydrogen-bond acceptors (Lipinski definition) is 2. The van der Waals surface area contributed by atoms with Gasteiger partial charge < -0.3 is 0 Å². The number of hydrogen-bond donors (Lipinski definition) is 0. The lowest BCUT2D eigenvalue weighted by Gasteiger charge is -2.20. The van der Waals surface area contributed by atoms with Gasteiger partial charge in [-0.3, -0.25) is 14.7 Å². The van der Waals surface area contributed by atoms with Crippen molar-refractivity contribution in [3.05, 3.63) is 54.6 Å². The molecule has 1 aliphatic heterocycles. The highest BCUT2D eigenvalue weighted by Crippen LogP contribution is 2.31. The van der Waals surface area contributed by atoms with E-state index in [9.17, 15) is 4.79 Å². The molecule has 0 saturated heterocycles. The van der Waals surface area contributed by atoms with Crippen LogP contribution in [-0.2, 0) is 4.79 Å². The molecule has 20 heavy (non-hydrogen) atoms. The monoisotopic (exact) mass is 264 g/mol. The summed E-state index contributed by atoms with van der Waals surface area (Å²) in [4.78, 5) is 17.6. The maximum Gasteiger partial charge on any atom is 0.219 e. The minimum absolute atomic E-state index is 0.813. The second-order valence-electron chi connectivity index (χ2n) is 4.76. The third-order valence-electron chi connectivity index (χ3n) is 3.48. The van der Waals surface area contributed by atoms with E-state index in [0.717, 1.165) is 48.4 Å². The highest BCUT2D eigenvalue weighted by Gasteiger charge is 2.19. The number of carbonyl (C=O) groups is 1.